The number of benzene rings is 2. The average Bonchev–Trinajstić information content (AvgIpc) is 2.81. The highest BCUT2D eigenvalue weighted by Gasteiger charge is 2.20. The summed E-state index contributed by atoms with van der Waals surface area (Å²) >= 11 is 6.12. The van der Waals surface area contributed by atoms with Crippen LogP contribution in [0.4, 0.5) is 11.4 Å². The fourth-order valence-corrected chi connectivity index (χ4v) is 2.77. The topological polar surface area (TPSA) is 20.3 Å². The van der Waals surface area contributed by atoms with Crippen molar-refractivity contribution in [2.24, 2.45) is 0 Å². The summed E-state index contributed by atoms with van der Waals surface area (Å²) < 4.78 is 0. The van der Waals surface area contributed by atoms with Crippen molar-refractivity contribution in [3.8, 4) is 0 Å². The van der Waals surface area contributed by atoms with Crippen LogP contribution in [-0.2, 0) is 6.42 Å². The van der Waals surface area contributed by atoms with E-state index in [9.17, 15) is 4.79 Å². The number of halogens is 1. The molecule has 0 aromatic heterocycles. The van der Waals surface area contributed by atoms with E-state index >= 15 is 0 Å². The Bertz CT molecular complexity index is 651. The molecule has 2 aromatic carbocycles. The van der Waals surface area contributed by atoms with E-state index in [1.54, 1.807) is 13.0 Å². The lowest BCUT2D eigenvalue weighted by Crippen LogP contribution is -2.13. The van der Waals surface area contributed by atoms with E-state index in [2.05, 4.69) is 23.1 Å². The van der Waals surface area contributed by atoms with Crippen LogP contribution in [0.2, 0.25) is 5.02 Å². The predicted molar refractivity (Wildman–Crippen MR) is 78.6 cm³/mol. The molecule has 96 valence electrons. The van der Waals surface area contributed by atoms with Crippen LogP contribution in [0.1, 0.15) is 22.8 Å². The second-order valence-corrected chi connectivity index (χ2v) is 5.22. The maximum Gasteiger partial charge on any atom is 0.159 e. The first kappa shape index (κ1) is 12.2. The van der Waals surface area contributed by atoms with Gasteiger partial charge in [-0.15, -0.1) is 0 Å². The summed E-state index contributed by atoms with van der Waals surface area (Å²) in [4.78, 5) is 13.7. The van der Waals surface area contributed by atoms with Crippen LogP contribution in [0.3, 0.4) is 0 Å². The summed E-state index contributed by atoms with van der Waals surface area (Å²) in [6, 6.07) is 13.9. The van der Waals surface area contributed by atoms with Crippen molar-refractivity contribution in [2.45, 2.75) is 13.3 Å². The lowest BCUT2D eigenvalue weighted by molar-refractivity contribution is 0.101. The van der Waals surface area contributed by atoms with Gasteiger partial charge in [-0.05, 0) is 43.2 Å². The Kier molecular flexibility index (Phi) is 3.03. The molecule has 0 radical (unpaired) electrons. The zero-order chi connectivity index (χ0) is 13.4. The number of anilines is 2. The van der Waals surface area contributed by atoms with Crippen LogP contribution >= 0.6 is 11.6 Å². The van der Waals surface area contributed by atoms with Gasteiger partial charge in [0.05, 0.1) is 0 Å². The van der Waals surface area contributed by atoms with Crippen molar-refractivity contribution in [1.29, 1.82) is 0 Å². The Hall–Kier alpha value is -1.80. The van der Waals surface area contributed by atoms with Crippen LogP contribution in [-0.4, -0.2) is 12.3 Å². The molecule has 2 nitrogen and oxygen atoms in total. The molecule has 0 amide bonds. The van der Waals surface area contributed by atoms with Crippen LogP contribution in [0.15, 0.2) is 42.5 Å². The first-order valence-electron chi connectivity index (χ1n) is 6.32. The van der Waals surface area contributed by atoms with Crippen molar-refractivity contribution < 1.29 is 4.79 Å². The van der Waals surface area contributed by atoms with Gasteiger partial charge in [-0.25, -0.2) is 0 Å². The minimum atomic E-state index is 0.0382. The molecule has 1 aliphatic heterocycles. The molecule has 0 fully saturated rings. The molecule has 0 bridgehead atoms. The Labute approximate surface area is 117 Å². The van der Waals surface area contributed by atoms with Gasteiger partial charge in [0.15, 0.2) is 5.78 Å². The number of ketones is 1. The fraction of sp³-hybridized carbons (Fsp3) is 0.188. The highest BCUT2D eigenvalue weighted by Crippen LogP contribution is 2.35. The van der Waals surface area contributed by atoms with Gasteiger partial charge in [0.25, 0.3) is 0 Å². The van der Waals surface area contributed by atoms with Gasteiger partial charge in [0.2, 0.25) is 0 Å². The molecule has 19 heavy (non-hydrogen) atoms. The average molecular weight is 272 g/mol. The Morgan fingerprint density at radius 2 is 2.00 bits per heavy atom. The number of rotatable bonds is 2. The van der Waals surface area contributed by atoms with Crippen LogP contribution < -0.4 is 4.90 Å². The van der Waals surface area contributed by atoms with Crippen molar-refractivity contribution >= 4 is 28.8 Å². The summed E-state index contributed by atoms with van der Waals surface area (Å²) in [5, 5.41) is 0.604. The lowest BCUT2D eigenvalue weighted by Gasteiger charge is -2.20. The lowest BCUT2D eigenvalue weighted by atomic mass is 10.1. The van der Waals surface area contributed by atoms with Crippen molar-refractivity contribution in [3.05, 3.63) is 58.6 Å². The molecule has 3 rings (SSSR count). The Morgan fingerprint density at radius 3 is 2.79 bits per heavy atom. The third-order valence-electron chi connectivity index (χ3n) is 3.49. The van der Waals surface area contributed by atoms with Gasteiger partial charge in [-0.1, -0.05) is 29.8 Å². The smallest absolute Gasteiger partial charge is 0.159 e. The van der Waals surface area contributed by atoms with Gasteiger partial charge in [0.1, 0.15) is 0 Å². The van der Waals surface area contributed by atoms with Gasteiger partial charge >= 0.3 is 0 Å². The number of Topliss-reactive ketones (excluding diaryl/α,β-unsaturated/α-hetero) is 1. The quantitative estimate of drug-likeness (QED) is 0.762. The highest BCUT2D eigenvalue weighted by molar-refractivity contribution is 6.31. The summed E-state index contributed by atoms with van der Waals surface area (Å²) in [6.45, 7) is 2.49. The zero-order valence-corrected chi connectivity index (χ0v) is 11.4. The molecule has 0 saturated heterocycles. The zero-order valence-electron chi connectivity index (χ0n) is 10.7. The third-order valence-corrected chi connectivity index (χ3v) is 3.71. The number of para-hydroxylation sites is 1. The van der Waals surface area contributed by atoms with E-state index in [0.29, 0.717) is 10.6 Å². The van der Waals surface area contributed by atoms with E-state index in [-0.39, 0.29) is 5.78 Å². The third kappa shape index (κ3) is 2.24. The van der Waals surface area contributed by atoms with Crippen molar-refractivity contribution in [1.82, 2.24) is 0 Å². The summed E-state index contributed by atoms with van der Waals surface area (Å²) in [5.41, 5.74) is 4.20. The van der Waals surface area contributed by atoms with Gasteiger partial charge in [0, 0.05) is 28.5 Å². The van der Waals surface area contributed by atoms with Gasteiger partial charge in [-0.2, -0.15) is 0 Å². The van der Waals surface area contributed by atoms with E-state index in [0.717, 1.165) is 18.7 Å². The summed E-state index contributed by atoms with van der Waals surface area (Å²) in [6.07, 6.45) is 1.03. The fourth-order valence-electron chi connectivity index (χ4n) is 2.54. The Morgan fingerprint density at radius 1 is 1.21 bits per heavy atom. The maximum atomic E-state index is 11.5. The maximum absolute atomic E-state index is 11.5. The molecule has 0 spiro atoms. The number of nitrogens with zero attached hydrogens (tertiary/aromatic N) is 1. The molecule has 0 N–H and O–H groups in total. The molecule has 2 aromatic rings. The molecular formula is C16H14ClNO. The normalized spacial score (nSPS) is 13.5. The molecule has 0 unspecified atom stereocenters. The second kappa shape index (κ2) is 4.71. The number of hydrogen-bond acceptors (Lipinski definition) is 2. The van der Waals surface area contributed by atoms with E-state index in [4.69, 9.17) is 11.6 Å². The summed E-state index contributed by atoms with van der Waals surface area (Å²) in [5.74, 6) is 0.0382. The molecule has 3 heteroatoms. The predicted octanol–water partition coefficient (Wildman–Crippen LogP) is 4.24. The highest BCUT2D eigenvalue weighted by atomic mass is 35.5. The monoisotopic (exact) mass is 271 g/mol. The first-order chi connectivity index (χ1) is 9.15. The standard InChI is InChI=1S/C16H14ClNO/c1-11(19)13-8-14(17)10-15(9-13)18-7-6-12-4-2-3-5-16(12)18/h2-5,8-10H,6-7H2,1H3. The molecule has 0 atom stereocenters. The first-order valence-corrected chi connectivity index (χ1v) is 6.70. The van der Waals surface area contributed by atoms with E-state index < -0.39 is 0 Å². The minimum absolute atomic E-state index is 0.0382. The number of fused-ring (bicyclic) bond motifs is 1. The van der Waals surface area contributed by atoms with Crippen molar-refractivity contribution in [2.75, 3.05) is 11.4 Å². The SMILES string of the molecule is CC(=O)c1cc(Cl)cc(N2CCc3ccccc32)c1. The Balaban J connectivity index is 2.07. The second-order valence-electron chi connectivity index (χ2n) is 4.78. The van der Waals surface area contributed by atoms with Crippen molar-refractivity contribution in [3.63, 3.8) is 0 Å². The largest absolute Gasteiger partial charge is 0.341 e. The van der Waals surface area contributed by atoms with Gasteiger partial charge in [-0.3, -0.25) is 4.79 Å². The minimum Gasteiger partial charge on any atom is -0.341 e. The van der Waals surface area contributed by atoms with Crippen LogP contribution in [0, 0.1) is 0 Å². The molecule has 0 aliphatic carbocycles. The molecule has 0 saturated carbocycles. The van der Waals surface area contributed by atoms with Crippen LogP contribution in [0.25, 0.3) is 0 Å². The van der Waals surface area contributed by atoms with E-state index in [1.807, 2.05) is 18.2 Å². The van der Waals surface area contributed by atoms with E-state index in [1.165, 1.54) is 11.3 Å². The molecule has 1 aliphatic rings. The number of carbonyl (C=O) groups excluding carboxylic acids is 1. The molecule has 1 heterocycles. The van der Waals surface area contributed by atoms with Crippen LogP contribution in [0.5, 0.6) is 0 Å². The molecular weight excluding hydrogens is 258 g/mol. The van der Waals surface area contributed by atoms with Gasteiger partial charge < -0.3 is 4.90 Å². The number of hydrogen-bond donors (Lipinski definition) is 0. The summed E-state index contributed by atoms with van der Waals surface area (Å²) in [7, 11) is 0. The number of carbonyl (C=O) groups is 1.